The Morgan fingerprint density at radius 1 is 1.10 bits per heavy atom. The van der Waals surface area contributed by atoms with Gasteiger partial charge in [-0.05, 0) is 0 Å². The van der Waals surface area contributed by atoms with Crippen LogP contribution in [0.5, 0.6) is 0 Å². The molecule has 0 radical (unpaired) electrons. The SMILES string of the molecule is CC(=O)SCC1=C[C@H](O)[C@@H]2C(C(=O)O)=CO[C@@H](O[C@@H]3O[C@@H](CO)[C@H](O)[C@@H](O)[C@@H]3O)[C@H]12. The highest BCUT2D eigenvalue weighted by atomic mass is 32.2. The van der Waals surface area contributed by atoms with E-state index >= 15 is 0 Å². The first-order chi connectivity index (χ1) is 14.1. The molecule has 1 fully saturated rings. The van der Waals surface area contributed by atoms with Gasteiger partial charge in [-0.3, -0.25) is 4.79 Å². The van der Waals surface area contributed by atoms with E-state index < -0.39 is 67.5 Å². The maximum absolute atomic E-state index is 11.6. The zero-order valence-electron chi connectivity index (χ0n) is 15.9. The molecule has 6 N–H and O–H groups in total. The second kappa shape index (κ2) is 9.32. The summed E-state index contributed by atoms with van der Waals surface area (Å²) in [5.41, 5.74) is 0.342. The largest absolute Gasteiger partial charge is 0.478 e. The number of carboxylic acids is 1. The number of carboxylic acid groups (broad SMARTS) is 1. The van der Waals surface area contributed by atoms with E-state index in [1.165, 1.54) is 13.0 Å². The van der Waals surface area contributed by atoms with Gasteiger partial charge >= 0.3 is 5.97 Å². The van der Waals surface area contributed by atoms with Gasteiger partial charge in [-0.1, -0.05) is 23.4 Å². The number of hydrogen-bond donors (Lipinski definition) is 6. The van der Waals surface area contributed by atoms with E-state index in [1.54, 1.807) is 0 Å². The summed E-state index contributed by atoms with van der Waals surface area (Å²) in [6.45, 7) is 0.723. The van der Waals surface area contributed by atoms with Gasteiger partial charge in [-0.15, -0.1) is 0 Å². The number of thioether (sulfide) groups is 1. The average molecular weight is 448 g/mol. The molecule has 0 aromatic heterocycles. The fourth-order valence-electron chi connectivity index (χ4n) is 3.85. The number of carbonyl (C=O) groups excluding carboxylic acids is 1. The van der Waals surface area contributed by atoms with Gasteiger partial charge in [0.2, 0.25) is 6.29 Å². The Hall–Kier alpha value is -1.51. The Morgan fingerprint density at radius 2 is 1.80 bits per heavy atom. The number of carbonyl (C=O) groups is 2. The second-order valence-electron chi connectivity index (χ2n) is 7.28. The molecule has 2 aliphatic heterocycles. The Labute approximate surface area is 175 Å². The molecule has 0 bridgehead atoms. The molecular formula is C18H24O11S. The molecule has 3 aliphatic rings. The molecule has 11 nitrogen and oxygen atoms in total. The molecule has 1 aliphatic carbocycles. The lowest BCUT2D eigenvalue weighted by Crippen LogP contribution is -2.60. The van der Waals surface area contributed by atoms with E-state index in [0.717, 1.165) is 18.0 Å². The van der Waals surface area contributed by atoms with Crippen molar-refractivity contribution in [2.75, 3.05) is 12.4 Å². The maximum atomic E-state index is 11.6. The van der Waals surface area contributed by atoms with Crippen LogP contribution in [0.25, 0.3) is 0 Å². The van der Waals surface area contributed by atoms with Crippen molar-refractivity contribution in [3.8, 4) is 0 Å². The van der Waals surface area contributed by atoms with Crippen molar-refractivity contribution in [2.45, 2.75) is 50.0 Å². The first-order valence-electron chi connectivity index (χ1n) is 9.22. The van der Waals surface area contributed by atoms with E-state index in [4.69, 9.17) is 14.2 Å². The molecule has 168 valence electrons. The Balaban J connectivity index is 1.85. The lowest BCUT2D eigenvalue weighted by Gasteiger charge is -2.43. The summed E-state index contributed by atoms with van der Waals surface area (Å²) < 4.78 is 16.4. The van der Waals surface area contributed by atoms with Crippen molar-refractivity contribution in [1.82, 2.24) is 0 Å². The Morgan fingerprint density at radius 3 is 2.40 bits per heavy atom. The Kier molecular flexibility index (Phi) is 7.20. The molecule has 0 spiro atoms. The van der Waals surface area contributed by atoms with E-state index in [2.05, 4.69) is 0 Å². The van der Waals surface area contributed by atoms with Gasteiger partial charge < -0.3 is 44.8 Å². The first-order valence-corrected chi connectivity index (χ1v) is 10.2. The van der Waals surface area contributed by atoms with Gasteiger partial charge in [0.25, 0.3) is 0 Å². The summed E-state index contributed by atoms with van der Waals surface area (Å²) in [6.07, 6.45) is -7.63. The Bertz CT molecular complexity index is 736. The quantitative estimate of drug-likeness (QED) is 0.245. The molecule has 0 aromatic rings. The molecule has 9 atom stereocenters. The van der Waals surface area contributed by atoms with Gasteiger partial charge in [-0.25, -0.2) is 4.79 Å². The fourth-order valence-corrected chi connectivity index (χ4v) is 4.51. The van der Waals surface area contributed by atoms with Crippen molar-refractivity contribution < 1.29 is 54.4 Å². The molecule has 2 heterocycles. The molecule has 0 unspecified atom stereocenters. The fraction of sp³-hybridized carbons (Fsp3) is 0.667. The lowest BCUT2D eigenvalue weighted by atomic mass is 9.82. The van der Waals surface area contributed by atoms with Gasteiger partial charge in [-0.2, -0.15) is 0 Å². The van der Waals surface area contributed by atoms with Crippen LogP contribution < -0.4 is 0 Å². The third-order valence-corrected chi connectivity index (χ3v) is 6.24. The molecule has 0 aromatic carbocycles. The number of aliphatic hydroxyl groups is 5. The average Bonchev–Trinajstić information content (AvgIpc) is 3.03. The number of fused-ring (bicyclic) bond motifs is 1. The van der Waals surface area contributed by atoms with E-state index in [0.29, 0.717) is 5.57 Å². The standard InChI is InChI=1S/C18H24O11S/c1-6(20)30-5-7-2-9(21)12-8(16(25)26)4-27-17(11(7)12)29-18-15(24)14(23)13(22)10(3-19)28-18/h2,4,9-15,17-19,21-24H,3,5H2,1H3,(H,25,26)/t9-,10-,11+,12-,13-,14+,15-,17-,18-/m0/s1. The van der Waals surface area contributed by atoms with Crippen molar-refractivity contribution in [1.29, 1.82) is 0 Å². The van der Waals surface area contributed by atoms with E-state index in [9.17, 15) is 40.2 Å². The van der Waals surface area contributed by atoms with Crippen LogP contribution in [0, 0.1) is 11.8 Å². The summed E-state index contributed by atoms with van der Waals surface area (Å²) in [7, 11) is 0. The topological polar surface area (TPSA) is 183 Å². The molecule has 1 saturated heterocycles. The van der Waals surface area contributed by atoms with Gasteiger partial charge in [0.15, 0.2) is 11.4 Å². The predicted molar refractivity (Wildman–Crippen MR) is 99.7 cm³/mol. The van der Waals surface area contributed by atoms with Gasteiger partial charge in [0.1, 0.15) is 24.4 Å². The van der Waals surface area contributed by atoms with E-state index in [-0.39, 0.29) is 16.4 Å². The highest BCUT2D eigenvalue weighted by Gasteiger charge is 2.52. The normalized spacial score (nSPS) is 40.8. The molecular weight excluding hydrogens is 424 g/mol. The molecule has 3 rings (SSSR count). The van der Waals surface area contributed by atoms with Crippen molar-refractivity contribution in [3.63, 3.8) is 0 Å². The molecule has 30 heavy (non-hydrogen) atoms. The molecule has 12 heteroatoms. The van der Waals surface area contributed by atoms with Crippen LogP contribution in [0.15, 0.2) is 23.5 Å². The van der Waals surface area contributed by atoms with Gasteiger partial charge in [0, 0.05) is 18.6 Å². The number of hydrogen-bond acceptors (Lipinski definition) is 11. The van der Waals surface area contributed by atoms with Crippen LogP contribution in [0.3, 0.4) is 0 Å². The molecule has 0 amide bonds. The summed E-state index contributed by atoms with van der Waals surface area (Å²) >= 11 is 0.966. The van der Waals surface area contributed by atoms with E-state index in [1.807, 2.05) is 0 Å². The zero-order valence-corrected chi connectivity index (χ0v) is 16.7. The van der Waals surface area contributed by atoms with Crippen LogP contribution in [0.1, 0.15) is 6.92 Å². The third-order valence-electron chi connectivity index (χ3n) is 5.36. The monoisotopic (exact) mass is 448 g/mol. The van der Waals surface area contributed by atoms with Crippen molar-refractivity contribution in [3.05, 3.63) is 23.5 Å². The van der Waals surface area contributed by atoms with Gasteiger partial charge in [0.05, 0.1) is 30.5 Å². The highest BCUT2D eigenvalue weighted by molar-refractivity contribution is 8.13. The van der Waals surface area contributed by atoms with Crippen LogP contribution in [0.4, 0.5) is 0 Å². The third kappa shape index (κ3) is 4.41. The smallest absolute Gasteiger partial charge is 0.335 e. The summed E-state index contributed by atoms with van der Waals surface area (Å²) in [5.74, 6) is -2.86. The minimum Gasteiger partial charge on any atom is -0.478 e. The zero-order chi connectivity index (χ0) is 22.2. The summed E-state index contributed by atoms with van der Waals surface area (Å²) in [6, 6.07) is 0. The number of aliphatic carboxylic acids is 1. The summed E-state index contributed by atoms with van der Waals surface area (Å²) in [4.78, 5) is 23.0. The minimum absolute atomic E-state index is 0.165. The summed E-state index contributed by atoms with van der Waals surface area (Å²) in [5, 5.41) is 59.1. The predicted octanol–water partition coefficient (Wildman–Crippen LogP) is -2.06. The second-order valence-corrected chi connectivity index (χ2v) is 8.43. The maximum Gasteiger partial charge on any atom is 0.335 e. The number of aliphatic hydroxyl groups excluding tert-OH is 5. The van der Waals surface area contributed by atoms with Crippen LogP contribution >= 0.6 is 11.8 Å². The number of ether oxygens (including phenoxy) is 3. The van der Waals surface area contributed by atoms with Crippen LogP contribution in [-0.4, -0.2) is 97.2 Å². The van der Waals surface area contributed by atoms with Crippen molar-refractivity contribution in [2.24, 2.45) is 11.8 Å². The van der Waals surface area contributed by atoms with Crippen molar-refractivity contribution >= 4 is 22.8 Å². The van der Waals surface area contributed by atoms with Crippen LogP contribution in [0.2, 0.25) is 0 Å². The minimum atomic E-state index is -1.68. The molecule has 0 saturated carbocycles. The lowest BCUT2D eigenvalue weighted by molar-refractivity contribution is -0.339. The highest BCUT2D eigenvalue weighted by Crippen LogP contribution is 2.45. The first kappa shape index (κ1) is 23.2. The number of rotatable bonds is 6. The van der Waals surface area contributed by atoms with Crippen LogP contribution in [-0.2, 0) is 23.8 Å².